The summed E-state index contributed by atoms with van der Waals surface area (Å²) in [7, 11) is 1.58. The highest BCUT2D eigenvalue weighted by atomic mass is 35.5. The fourth-order valence-corrected chi connectivity index (χ4v) is 1.62. The van der Waals surface area contributed by atoms with Gasteiger partial charge in [0.15, 0.2) is 0 Å². The van der Waals surface area contributed by atoms with Crippen molar-refractivity contribution < 1.29 is 14.6 Å². The number of hydrogen-bond donors (Lipinski definition) is 1. The van der Waals surface area contributed by atoms with Crippen LogP contribution >= 0.6 is 11.6 Å². The molecule has 0 aliphatic rings. The van der Waals surface area contributed by atoms with Crippen molar-refractivity contribution in [1.82, 2.24) is 4.98 Å². The Balaban J connectivity index is 3.11. The van der Waals surface area contributed by atoms with Gasteiger partial charge in [0.2, 0.25) is 0 Å². The molecule has 1 heterocycles. The van der Waals surface area contributed by atoms with Crippen LogP contribution in [0, 0.1) is 0 Å². The van der Waals surface area contributed by atoms with Crippen molar-refractivity contribution in [3.63, 3.8) is 0 Å². The molecule has 98 valence electrons. The molecule has 0 spiro atoms. The number of carboxylic acids is 1. The number of carboxylic acid groups (broad SMARTS) is 1. The fraction of sp³-hybridized carbons (Fsp3) is 0.333. The van der Waals surface area contributed by atoms with Gasteiger partial charge in [-0.05, 0) is 12.1 Å². The first-order valence-electron chi connectivity index (χ1n) is 5.34. The van der Waals surface area contributed by atoms with Gasteiger partial charge in [0, 0.05) is 20.2 Å². The summed E-state index contributed by atoms with van der Waals surface area (Å²) in [6, 6.07) is 2.90. The van der Waals surface area contributed by atoms with Crippen molar-refractivity contribution in [3.05, 3.63) is 35.5 Å². The summed E-state index contributed by atoms with van der Waals surface area (Å²) < 4.78 is 4.99. The lowest BCUT2D eigenvalue weighted by Gasteiger charge is -2.23. The zero-order valence-electron chi connectivity index (χ0n) is 10.1. The van der Waals surface area contributed by atoms with E-state index in [0.29, 0.717) is 25.5 Å². The molecule has 0 aliphatic carbocycles. The molecule has 0 radical (unpaired) electrons. The highest BCUT2D eigenvalue weighted by Gasteiger charge is 2.17. The lowest BCUT2D eigenvalue weighted by molar-refractivity contribution is 0.0697. The van der Waals surface area contributed by atoms with Gasteiger partial charge >= 0.3 is 5.97 Å². The molecule has 1 aromatic heterocycles. The van der Waals surface area contributed by atoms with E-state index in [1.807, 2.05) is 0 Å². The number of pyridine rings is 1. The standard InChI is InChI=1S/C12H15ClN2O3/c1-3-6-15(7-8-18-2)11-9(12(16)17)4-5-10(13)14-11/h3-5H,1,6-8H2,2H3,(H,16,17). The second-order valence-electron chi connectivity index (χ2n) is 3.54. The third-order valence-electron chi connectivity index (χ3n) is 2.29. The first-order chi connectivity index (χ1) is 8.60. The normalized spacial score (nSPS) is 10.1. The number of anilines is 1. The van der Waals surface area contributed by atoms with Gasteiger partial charge in [0.1, 0.15) is 16.5 Å². The van der Waals surface area contributed by atoms with Gasteiger partial charge in [-0.1, -0.05) is 17.7 Å². The largest absolute Gasteiger partial charge is 0.478 e. The molecule has 6 heteroatoms. The van der Waals surface area contributed by atoms with Crippen LogP contribution in [-0.2, 0) is 4.74 Å². The summed E-state index contributed by atoms with van der Waals surface area (Å²) in [5, 5.41) is 9.38. The van der Waals surface area contributed by atoms with E-state index in [9.17, 15) is 4.79 Å². The van der Waals surface area contributed by atoms with E-state index >= 15 is 0 Å². The predicted molar refractivity (Wildman–Crippen MR) is 70.5 cm³/mol. The molecule has 0 saturated carbocycles. The number of carbonyl (C=O) groups is 1. The van der Waals surface area contributed by atoms with Crippen LogP contribution < -0.4 is 4.90 Å². The van der Waals surface area contributed by atoms with Gasteiger partial charge in [-0.15, -0.1) is 6.58 Å². The second-order valence-corrected chi connectivity index (χ2v) is 3.93. The van der Waals surface area contributed by atoms with E-state index < -0.39 is 5.97 Å². The molecule has 0 bridgehead atoms. The Morgan fingerprint density at radius 1 is 1.67 bits per heavy atom. The molecule has 1 N–H and O–H groups in total. The molecule has 0 atom stereocenters. The average molecular weight is 271 g/mol. The van der Waals surface area contributed by atoms with Crippen molar-refractivity contribution in [2.45, 2.75) is 0 Å². The van der Waals surface area contributed by atoms with Crippen LogP contribution in [0.2, 0.25) is 5.15 Å². The molecule has 18 heavy (non-hydrogen) atoms. The first kappa shape index (κ1) is 14.5. The van der Waals surface area contributed by atoms with E-state index in [1.165, 1.54) is 12.1 Å². The van der Waals surface area contributed by atoms with E-state index in [4.69, 9.17) is 21.4 Å². The highest BCUT2D eigenvalue weighted by Crippen LogP contribution is 2.20. The summed E-state index contributed by atoms with van der Waals surface area (Å²) >= 11 is 5.81. The van der Waals surface area contributed by atoms with Gasteiger partial charge < -0.3 is 14.7 Å². The van der Waals surface area contributed by atoms with Gasteiger partial charge in [0.05, 0.1) is 6.61 Å². The molecule has 0 unspecified atom stereocenters. The van der Waals surface area contributed by atoms with E-state index in [2.05, 4.69) is 11.6 Å². The average Bonchev–Trinajstić information content (AvgIpc) is 2.34. The number of aromatic carboxylic acids is 1. The molecule has 0 aromatic carbocycles. The smallest absolute Gasteiger partial charge is 0.339 e. The molecule has 0 amide bonds. The van der Waals surface area contributed by atoms with Crippen LogP contribution in [0.3, 0.4) is 0 Å². The van der Waals surface area contributed by atoms with Gasteiger partial charge in [-0.25, -0.2) is 9.78 Å². The Kier molecular flexibility index (Phi) is 5.61. The Bertz CT molecular complexity index is 437. The minimum atomic E-state index is -1.04. The topological polar surface area (TPSA) is 62.7 Å². The van der Waals surface area contributed by atoms with Crippen LogP contribution in [0.4, 0.5) is 5.82 Å². The molecule has 1 aromatic rings. The monoisotopic (exact) mass is 270 g/mol. The third kappa shape index (κ3) is 3.72. The van der Waals surface area contributed by atoms with Gasteiger partial charge in [-0.2, -0.15) is 0 Å². The Morgan fingerprint density at radius 2 is 2.39 bits per heavy atom. The summed E-state index contributed by atoms with van der Waals surface area (Å²) in [6.45, 7) is 5.08. The van der Waals surface area contributed by atoms with E-state index in [1.54, 1.807) is 18.1 Å². The first-order valence-corrected chi connectivity index (χ1v) is 5.72. The summed E-state index contributed by atoms with van der Waals surface area (Å²) in [5.74, 6) is -0.715. The zero-order valence-corrected chi connectivity index (χ0v) is 10.9. The SMILES string of the molecule is C=CCN(CCOC)c1nc(Cl)ccc1C(=O)O. The number of halogens is 1. The number of aromatic nitrogens is 1. The Hall–Kier alpha value is -1.59. The maximum absolute atomic E-state index is 11.1. The number of ether oxygens (including phenoxy) is 1. The van der Waals surface area contributed by atoms with Crippen LogP contribution in [0.25, 0.3) is 0 Å². The Labute approximate surface area is 111 Å². The van der Waals surface area contributed by atoms with Crippen molar-refractivity contribution in [2.24, 2.45) is 0 Å². The van der Waals surface area contributed by atoms with Crippen molar-refractivity contribution in [3.8, 4) is 0 Å². The van der Waals surface area contributed by atoms with Crippen LogP contribution in [0.5, 0.6) is 0 Å². The molecule has 0 saturated heterocycles. The summed E-state index contributed by atoms with van der Waals surface area (Å²) in [5.41, 5.74) is 0.109. The Morgan fingerprint density at radius 3 is 2.94 bits per heavy atom. The van der Waals surface area contributed by atoms with Crippen molar-refractivity contribution >= 4 is 23.4 Å². The minimum Gasteiger partial charge on any atom is -0.478 e. The van der Waals surface area contributed by atoms with E-state index in [0.717, 1.165) is 0 Å². The molecular weight excluding hydrogens is 256 g/mol. The molecule has 5 nitrogen and oxygen atoms in total. The summed E-state index contributed by atoms with van der Waals surface area (Å²) in [6.07, 6.45) is 1.67. The molecule has 0 fully saturated rings. The van der Waals surface area contributed by atoms with Crippen molar-refractivity contribution in [2.75, 3.05) is 31.7 Å². The molecule has 0 aliphatic heterocycles. The molecular formula is C12H15ClN2O3. The second kappa shape index (κ2) is 6.98. The van der Waals surface area contributed by atoms with Crippen LogP contribution in [-0.4, -0.2) is 42.9 Å². The zero-order chi connectivity index (χ0) is 13.5. The van der Waals surface area contributed by atoms with Gasteiger partial charge in [0.25, 0.3) is 0 Å². The fourth-order valence-electron chi connectivity index (χ4n) is 1.47. The maximum atomic E-state index is 11.1. The van der Waals surface area contributed by atoms with Crippen molar-refractivity contribution in [1.29, 1.82) is 0 Å². The number of methoxy groups -OCH3 is 1. The lowest BCUT2D eigenvalue weighted by atomic mass is 10.2. The van der Waals surface area contributed by atoms with Gasteiger partial charge in [-0.3, -0.25) is 0 Å². The lowest BCUT2D eigenvalue weighted by Crippen LogP contribution is -2.29. The molecule has 1 rings (SSSR count). The van der Waals surface area contributed by atoms with E-state index in [-0.39, 0.29) is 10.7 Å². The highest BCUT2D eigenvalue weighted by molar-refractivity contribution is 6.29. The third-order valence-corrected chi connectivity index (χ3v) is 2.50. The van der Waals surface area contributed by atoms with Crippen LogP contribution in [0.1, 0.15) is 10.4 Å². The maximum Gasteiger partial charge on any atom is 0.339 e. The summed E-state index contributed by atoms with van der Waals surface area (Å²) in [4.78, 5) is 17.0. The quantitative estimate of drug-likeness (QED) is 0.607. The predicted octanol–water partition coefficient (Wildman–Crippen LogP) is 2.07. The minimum absolute atomic E-state index is 0.109. The number of hydrogen-bond acceptors (Lipinski definition) is 4. The van der Waals surface area contributed by atoms with Crippen LogP contribution in [0.15, 0.2) is 24.8 Å². The number of rotatable bonds is 7. The number of nitrogens with zero attached hydrogens (tertiary/aromatic N) is 2.